The van der Waals surface area contributed by atoms with Gasteiger partial charge in [-0.3, -0.25) is 9.78 Å². The Bertz CT molecular complexity index is 859. The molecule has 0 fully saturated rings. The zero-order valence-corrected chi connectivity index (χ0v) is 13.3. The van der Waals surface area contributed by atoms with E-state index in [2.05, 4.69) is 10.3 Å². The molecule has 0 aliphatic rings. The fourth-order valence-electron chi connectivity index (χ4n) is 2.43. The van der Waals surface area contributed by atoms with Crippen LogP contribution in [0, 0.1) is 0 Å². The van der Waals surface area contributed by atoms with Crippen LogP contribution in [-0.2, 0) is 11.2 Å². The Morgan fingerprint density at radius 2 is 2.04 bits per heavy atom. The van der Waals surface area contributed by atoms with Gasteiger partial charge < -0.3 is 10.1 Å². The van der Waals surface area contributed by atoms with Crippen molar-refractivity contribution in [2.24, 2.45) is 0 Å². The zero-order chi connectivity index (χ0) is 16.2. The second kappa shape index (κ2) is 6.67. The largest absolute Gasteiger partial charge is 0.495 e. The number of anilines is 1. The van der Waals surface area contributed by atoms with E-state index in [1.807, 2.05) is 30.3 Å². The maximum Gasteiger partial charge on any atom is 0.228 e. The molecule has 0 aliphatic carbocycles. The first kappa shape index (κ1) is 15.3. The van der Waals surface area contributed by atoms with Gasteiger partial charge in [-0.25, -0.2) is 0 Å². The Labute approximate surface area is 139 Å². The van der Waals surface area contributed by atoms with Gasteiger partial charge in [0.1, 0.15) is 5.75 Å². The number of carbonyl (C=O) groups is 1. The Balaban J connectivity index is 1.77. The Morgan fingerprint density at radius 1 is 1.22 bits per heavy atom. The molecule has 3 aromatic rings. The molecule has 1 amide bonds. The lowest BCUT2D eigenvalue weighted by molar-refractivity contribution is -0.115. The van der Waals surface area contributed by atoms with E-state index in [1.165, 1.54) is 0 Å². The monoisotopic (exact) mass is 326 g/mol. The summed E-state index contributed by atoms with van der Waals surface area (Å²) in [5.74, 6) is 0.451. The van der Waals surface area contributed by atoms with E-state index in [1.54, 1.807) is 31.5 Å². The van der Waals surface area contributed by atoms with Gasteiger partial charge in [0, 0.05) is 17.3 Å². The van der Waals surface area contributed by atoms with Crippen LogP contribution in [0.4, 0.5) is 5.69 Å². The molecular weight excluding hydrogens is 312 g/mol. The third kappa shape index (κ3) is 3.43. The SMILES string of the molecule is COc1ccc(NC(=O)Cc2cccc3cccnc23)cc1Cl. The first-order valence-electron chi connectivity index (χ1n) is 7.13. The summed E-state index contributed by atoms with van der Waals surface area (Å²) in [6.07, 6.45) is 1.98. The Morgan fingerprint density at radius 3 is 2.83 bits per heavy atom. The highest BCUT2D eigenvalue weighted by Crippen LogP contribution is 2.27. The molecule has 0 saturated carbocycles. The number of carbonyl (C=O) groups excluding carboxylic acids is 1. The van der Waals surface area contributed by atoms with Crippen LogP contribution in [0.15, 0.2) is 54.7 Å². The van der Waals surface area contributed by atoms with Crippen molar-refractivity contribution in [1.82, 2.24) is 4.98 Å². The van der Waals surface area contributed by atoms with E-state index in [0.717, 1.165) is 16.5 Å². The van der Waals surface area contributed by atoms with E-state index in [0.29, 0.717) is 16.5 Å². The number of fused-ring (bicyclic) bond motifs is 1. The van der Waals surface area contributed by atoms with Crippen molar-refractivity contribution in [3.05, 3.63) is 65.3 Å². The number of hydrogen-bond acceptors (Lipinski definition) is 3. The average molecular weight is 327 g/mol. The normalized spacial score (nSPS) is 10.5. The molecule has 0 radical (unpaired) electrons. The third-order valence-electron chi connectivity index (χ3n) is 3.50. The summed E-state index contributed by atoms with van der Waals surface area (Å²) in [6.45, 7) is 0. The van der Waals surface area contributed by atoms with E-state index in [4.69, 9.17) is 16.3 Å². The average Bonchev–Trinajstić information content (AvgIpc) is 2.55. The molecule has 2 aromatic carbocycles. The molecule has 5 heteroatoms. The predicted octanol–water partition coefficient (Wildman–Crippen LogP) is 4.08. The van der Waals surface area contributed by atoms with Crippen molar-refractivity contribution in [1.29, 1.82) is 0 Å². The van der Waals surface area contributed by atoms with E-state index >= 15 is 0 Å². The summed E-state index contributed by atoms with van der Waals surface area (Å²) >= 11 is 6.06. The van der Waals surface area contributed by atoms with Gasteiger partial charge in [-0.2, -0.15) is 0 Å². The van der Waals surface area contributed by atoms with Crippen LogP contribution in [0.25, 0.3) is 10.9 Å². The summed E-state index contributed by atoms with van der Waals surface area (Å²) in [7, 11) is 1.55. The van der Waals surface area contributed by atoms with Crippen molar-refractivity contribution >= 4 is 34.1 Å². The standard InChI is InChI=1S/C18H15ClN2O2/c1-23-16-8-7-14(11-15(16)19)21-17(22)10-13-5-2-4-12-6-3-9-20-18(12)13/h2-9,11H,10H2,1H3,(H,21,22). The quantitative estimate of drug-likeness (QED) is 0.786. The van der Waals surface area contributed by atoms with Crippen LogP contribution in [-0.4, -0.2) is 18.0 Å². The minimum absolute atomic E-state index is 0.121. The molecule has 0 spiro atoms. The molecule has 4 nitrogen and oxygen atoms in total. The summed E-state index contributed by atoms with van der Waals surface area (Å²) in [4.78, 5) is 16.6. The summed E-state index contributed by atoms with van der Waals surface area (Å²) < 4.78 is 5.10. The van der Waals surface area contributed by atoms with Gasteiger partial charge >= 0.3 is 0 Å². The number of nitrogens with zero attached hydrogens (tertiary/aromatic N) is 1. The number of amides is 1. The number of ether oxygens (including phenoxy) is 1. The highest BCUT2D eigenvalue weighted by Gasteiger charge is 2.09. The summed E-state index contributed by atoms with van der Waals surface area (Å²) in [5.41, 5.74) is 2.37. The van der Waals surface area contributed by atoms with Gasteiger partial charge in [0.05, 0.1) is 24.1 Å². The molecule has 1 aromatic heterocycles. The molecule has 0 unspecified atom stereocenters. The molecule has 116 valence electrons. The minimum atomic E-state index is -0.121. The molecule has 0 bridgehead atoms. The molecule has 1 heterocycles. The van der Waals surface area contributed by atoms with Crippen molar-refractivity contribution in [2.45, 2.75) is 6.42 Å². The number of hydrogen-bond donors (Lipinski definition) is 1. The van der Waals surface area contributed by atoms with Gasteiger partial charge in [-0.1, -0.05) is 35.9 Å². The maximum atomic E-state index is 12.3. The molecular formula is C18H15ClN2O2. The number of benzene rings is 2. The molecule has 1 N–H and O–H groups in total. The molecule has 0 atom stereocenters. The lowest BCUT2D eigenvalue weighted by Crippen LogP contribution is -2.14. The lowest BCUT2D eigenvalue weighted by Gasteiger charge is -2.09. The number of nitrogens with one attached hydrogen (secondary N) is 1. The van der Waals surface area contributed by atoms with Crippen molar-refractivity contribution in [2.75, 3.05) is 12.4 Å². The van der Waals surface area contributed by atoms with Gasteiger partial charge in [0.25, 0.3) is 0 Å². The first-order chi connectivity index (χ1) is 11.2. The van der Waals surface area contributed by atoms with Crippen LogP contribution >= 0.6 is 11.6 Å². The second-order valence-corrected chi connectivity index (χ2v) is 5.47. The Kier molecular flexibility index (Phi) is 4.44. The smallest absolute Gasteiger partial charge is 0.228 e. The van der Waals surface area contributed by atoms with E-state index in [9.17, 15) is 4.79 Å². The number of pyridine rings is 1. The molecule has 23 heavy (non-hydrogen) atoms. The zero-order valence-electron chi connectivity index (χ0n) is 12.5. The first-order valence-corrected chi connectivity index (χ1v) is 7.51. The van der Waals surface area contributed by atoms with Crippen molar-refractivity contribution in [3.63, 3.8) is 0 Å². The van der Waals surface area contributed by atoms with Crippen LogP contribution in [0.3, 0.4) is 0 Å². The fourth-order valence-corrected chi connectivity index (χ4v) is 2.69. The highest BCUT2D eigenvalue weighted by atomic mass is 35.5. The number of halogens is 1. The number of rotatable bonds is 4. The lowest BCUT2D eigenvalue weighted by atomic mass is 10.1. The van der Waals surface area contributed by atoms with E-state index in [-0.39, 0.29) is 12.3 Å². The van der Waals surface area contributed by atoms with Crippen LogP contribution in [0.5, 0.6) is 5.75 Å². The molecule has 0 aliphatic heterocycles. The summed E-state index contributed by atoms with van der Waals surface area (Å²) in [5, 5.41) is 4.31. The van der Waals surface area contributed by atoms with Crippen molar-refractivity contribution in [3.8, 4) is 5.75 Å². The second-order valence-electron chi connectivity index (χ2n) is 5.07. The van der Waals surface area contributed by atoms with Gasteiger partial charge in [0.2, 0.25) is 5.91 Å². The van der Waals surface area contributed by atoms with Gasteiger partial charge in [-0.15, -0.1) is 0 Å². The molecule has 3 rings (SSSR count). The van der Waals surface area contributed by atoms with Crippen LogP contribution in [0.2, 0.25) is 5.02 Å². The van der Waals surface area contributed by atoms with E-state index < -0.39 is 0 Å². The predicted molar refractivity (Wildman–Crippen MR) is 92.1 cm³/mol. The fraction of sp³-hybridized carbons (Fsp3) is 0.111. The number of para-hydroxylation sites is 1. The van der Waals surface area contributed by atoms with Crippen LogP contribution in [0.1, 0.15) is 5.56 Å². The topological polar surface area (TPSA) is 51.2 Å². The van der Waals surface area contributed by atoms with Crippen molar-refractivity contribution < 1.29 is 9.53 Å². The number of methoxy groups -OCH3 is 1. The Hall–Kier alpha value is -2.59. The van der Waals surface area contributed by atoms with Gasteiger partial charge in [0.15, 0.2) is 0 Å². The minimum Gasteiger partial charge on any atom is -0.495 e. The number of aromatic nitrogens is 1. The molecule has 0 saturated heterocycles. The highest BCUT2D eigenvalue weighted by molar-refractivity contribution is 6.32. The van der Waals surface area contributed by atoms with Gasteiger partial charge in [-0.05, 0) is 29.8 Å². The van der Waals surface area contributed by atoms with Crippen LogP contribution < -0.4 is 10.1 Å². The maximum absolute atomic E-state index is 12.3. The summed E-state index contributed by atoms with van der Waals surface area (Å²) in [6, 6.07) is 14.8. The third-order valence-corrected chi connectivity index (χ3v) is 3.80.